The fourth-order valence-electron chi connectivity index (χ4n) is 7.36. The second-order valence-corrected chi connectivity index (χ2v) is 13.4. The molecule has 0 radical (unpaired) electrons. The molecule has 254 valence electrons. The number of unbranched alkanes of at least 4 members (excludes halogenated alkanes) is 2. The van der Waals surface area contributed by atoms with E-state index in [-0.39, 0.29) is 21.7 Å². The Bertz CT molecular complexity index is 2160. The summed E-state index contributed by atoms with van der Waals surface area (Å²) >= 11 is 0. The van der Waals surface area contributed by atoms with E-state index in [1.54, 1.807) is 0 Å². The van der Waals surface area contributed by atoms with Gasteiger partial charge < -0.3 is 13.8 Å². The van der Waals surface area contributed by atoms with Crippen LogP contribution >= 0.6 is 0 Å². The van der Waals surface area contributed by atoms with Crippen LogP contribution in [0.3, 0.4) is 0 Å². The fraction of sp³-hybridized carbons (Fsp3) is 0.200. The zero-order chi connectivity index (χ0) is 35.0. The van der Waals surface area contributed by atoms with E-state index in [1.807, 2.05) is 0 Å². The van der Waals surface area contributed by atoms with Gasteiger partial charge in [0.15, 0.2) is 0 Å². The van der Waals surface area contributed by atoms with Crippen LogP contribution in [0, 0.1) is 27.7 Å². The Hall–Kier alpha value is -4.23. The molecular formula is C50H50Ti. The maximum atomic E-state index is 3.60. The van der Waals surface area contributed by atoms with E-state index >= 15 is 0 Å². The number of fused-ring (bicyclic) bond motifs is 4. The molecule has 0 saturated heterocycles. The monoisotopic (exact) mass is 698 g/mol. The van der Waals surface area contributed by atoms with E-state index in [9.17, 15) is 0 Å². The normalized spacial score (nSPS) is 10.9. The van der Waals surface area contributed by atoms with Gasteiger partial charge in [-0.05, 0) is 34.4 Å². The van der Waals surface area contributed by atoms with E-state index in [1.165, 1.54) is 100 Å². The van der Waals surface area contributed by atoms with Gasteiger partial charge in [0.2, 0.25) is 0 Å². The summed E-state index contributed by atoms with van der Waals surface area (Å²) in [6, 6.07) is 49.4. The Morgan fingerprint density at radius 1 is 0.471 bits per heavy atom. The van der Waals surface area contributed by atoms with Crippen LogP contribution in [0.15, 0.2) is 133 Å². The Labute approximate surface area is 321 Å². The standard InChI is InChI=1S/C42H32.2C4H9.Ti/c1-27-25-33-17-7-15-31(41(33)39(27)37-21-9-13-29-11-3-5-19-35(29)37)23-24-32-16-8-18-34-26-28(2)40(42(32)34)38-22-10-14-30-12-4-6-20-36(30)38;2*1-3-4-2;/h3-22,25-26H,23-24H2,1-2H3;2*1,3-4H2,2H3;/q-2;2*-1;+4. The fourth-order valence-corrected chi connectivity index (χ4v) is 7.36. The summed E-state index contributed by atoms with van der Waals surface area (Å²) in [6.07, 6.45) is 6.55. The molecule has 0 saturated carbocycles. The number of benzene rings is 6. The molecule has 8 aromatic carbocycles. The van der Waals surface area contributed by atoms with Gasteiger partial charge in [0.1, 0.15) is 0 Å². The Morgan fingerprint density at radius 2 is 0.824 bits per heavy atom. The molecule has 0 unspecified atom stereocenters. The van der Waals surface area contributed by atoms with Crippen LogP contribution < -0.4 is 0 Å². The van der Waals surface area contributed by atoms with Gasteiger partial charge in [-0.25, -0.2) is 0 Å². The maximum absolute atomic E-state index is 3.60. The summed E-state index contributed by atoms with van der Waals surface area (Å²) in [5.74, 6) is 0. The van der Waals surface area contributed by atoms with Crippen molar-refractivity contribution in [2.75, 3.05) is 0 Å². The van der Waals surface area contributed by atoms with Crippen LogP contribution in [-0.4, -0.2) is 0 Å². The van der Waals surface area contributed by atoms with Crippen LogP contribution in [0.25, 0.3) is 65.3 Å². The molecule has 0 spiro atoms. The van der Waals surface area contributed by atoms with Crippen molar-refractivity contribution >= 4 is 43.1 Å². The molecule has 0 amide bonds. The molecule has 0 aliphatic heterocycles. The molecule has 51 heavy (non-hydrogen) atoms. The van der Waals surface area contributed by atoms with Gasteiger partial charge in [0, 0.05) is 0 Å². The SMILES string of the molecule is Cc1[cH-]c2cccc(CCc3cccc4[cH-]c(C)c(-c5cccc6ccccc56)c34)c2c1-c1cccc2ccccc12.[CH2-]CCC.[CH2-]CCC.[Ti+4]. The van der Waals surface area contributed by atoms with E-state index < -0.39 is 0 Å². The number of hydrogen-bond donors (Lipinski definition) is 0. The van der Waals surface area contributed by atoms with Crippen LogP contribution in [0.4, 0.5) is 0 Å². The summed E-state index contributed by atoms with van der Waals surface area (Å²) in [4.78, 5) is 0. The molecule has 8 aromatic rings. The van der Waals surface area contributed by atoms with Gasteiger partial charge in [0.25, 0.3) is 0 Å². The van der Waals surface area contributed by atoms with Crippen LogP contribution in [0.5, 0.6) is 0 Å². The van der Waals surface area contributed by atoms with Crippen molar-refractivity contribution in [1.82, 2.24) is 0 Å². The first-order chi connectivity index (χ1) is 24.5. The van der Waals surface area contributed by atoms with E-state index in [2.05, 4.69) is 175 Å². The summed E-state index contributed by atoms with van der Waals surface area (Å²) in [7, 11) is 0. The number of aryl methyl sites for hydroxylation is 4. The number of hydrogen-bond acceptors (Lipinski definition) is 0. The van der Waals surface area contributed by atoms with Crippen molar-refractivity contribution in [1.29, 1.82) is 0 Å². The first kappa shape index (κ1) is 38.0. The second-order valence-electron chi connectivity index (χ2n) is 13.4. The van der Waals surface area contributed by atoms with Gasteiger partial charge in [-0.1, -0.05) is 160 Å². The molecule has 0 atom stereocenters. The smallest absolute Gasteiger partial charge is 0.343 e. The minimum Gasteiger partial charge on any atom is -0.343 e. The van der Waals surface area contributed by atoms with E-state index in [0.29, 0.717) is 0 Å². The van der Waals surface area contributed by atoms with Crippen molar-refractivity contribution in [3.63, 3.8) is 0 Å². The zero-order valence-corrected chi connectivity index (χ0v) is 32.4. The quantitative estimate of drug-likeness (QED) is 0.115. The summed E-state index contributed by atoms with van der Waals surface area (Å²) in [5.41, 5.74) is 11.0. The second kappa shape index (κ2) is 17.8. The van der Waals surface area contributed by atoms with E-state index in [0.717, 1.165) is 25.7 Å². The molecule has 0 bridgehead atoms. The van der Waals surface area contributed by atoms with Crippen molar-refractivity contribution in [2.45, 2.75) is 66.2 Å². The molecule has 0 fully saturated rings. The van der Waals surface area contributed by atoms with Gasteiger partial charge >= 0.3 is 21.7 Å². The van der Waals surface area contributed by atoms with Crippen molar-refractivity contribution in [3.8, 4) is 22.3 Å². The molecule has 1 heteroatoms. The average Bonchev–Trinajstić information content (AvgIpc) is 3.69. The maximum Gasteiger partial charge on any atom is 4.00 e. The van der Waals surface area contributed by atoms with E-state index in [4.69, 9.17) is 0 Å². The molecule has 0 N–H and O–H groups in total. The van der Waals surface area contributed by atoms with Gasteiger partial charge in [-0.3, -0.25) is 0 Å². The minimum absolute atomic E-state index is 0. The molecule has 0 nitrogen and oxygen atoms in total. The Balaban J connectivity index is 0.000000511. The predicted octanol–water partition coefficient (Wildman–Crippen LogP) is 14.7. The third kappa shape index (κ3) is 7.99. The van der Waals surface area contributed by atoms with Crippen molar-refractivity contribution < 1.29 is 21.7 Å². The van der Waals surface area contributed by atoms with Gasteiger partial charge in [-0.15, -0.1) is 80.2 Å². The predicted molar refractivity (Wildman–Crippen MR) is 222 cm³/mol. The van der Waals surface area contributed by atoms with Crippen molar-refractivity contribution in [2.24, 2.45) is 0 Å². The topological polar surface area (TPSA) is 0 Å². The molecule has 0 aromatic heterocycles. The first-order valence-electron chi connectivity index (χ1n) is 18.4. The summed E-state index contributed by atoms with van der Waals surface area (Å²) < 4.78 is 0. The summed E-state index contributed by atoms with van der Waals surface area (Å²) in [6.45, 7) is 16.0. The summed E-state index contributed by atoms with van der Waals surface area (Å²) in [5, 5.41) is 10.7. The number of rotatable bonds is 7. The third-order valence-electron chi connectivity index (χ3n) is 9.89. The van der Waals surface area contributed by atoms with Crippen LogP contribution in [0.1, 0.15) is 61.8 Å². The largest absolute Gasteiger partial charge is 4.00 e. The first-order valence-corrected chi connectivity index (χ1v) is 18.4. The molecule has 0 aliphatic rings. The average molecular weight is 699 g/mol. The van der Waals surface area contributed by atoms with Crippen LogP contribution in [0.2, 0.25) is 0 Å². The molecule has 0 aliphatic carbocycles. The van der Waals surface area contributed by atoms with Gasteiger partial charge in [-0.2, -0.15) is 12.8 Å². The molecule has 0 heterocycles. The molecule has 8 rings (SSSR count). The van der Waals surface area contributed by atoms with Crippen molar-refractivity contribution in [3.05, 3.63) is 170 Å². The third-order valence-corrected chi connectivity index (χ3v) is 9.89. The Morgan fingerprint density at radius 3 is 1.22 bits per heavy atom. The minimum atomic E-state index is 0. The molecular weight excluding hydrogens is 648 g/mol. The van der Waals surface area contributed by atoms with Gasteiger partial charge in [0.05, 0.1) is 0 Å². The zero-order valence-electron chi connectivity index (χ0n) is 30.9. The van der Waals surface area contributed by atoms with Crippen LogP contribution in [-0.2, 0) is 34.6 Å². The Kier molecular flexibility index (Phi) is 13.3.